The van der Waals surface area contributed by atoms with E-state index in [1.54, 1.807) is 78.9 Å². The van der Waals surface area contributed by atoms with E-state index in [-0.39, 0.29) is 52.9 Å². The van der Waals surface area contributed by atoms with Crippen molar-refractivity contribution >= 4 is 29.8 Å². The smallest absolute Gasteiger partial charge is 0.338 e. The van der Waals surface area contributed by atoms with Gasteiger partial charge in [0.05, 0.1) is 33.0 Å². The van der Waals surface area contributed by atoms with E-state index in [9.17, 15) is 14.4 Å². The number of carbonyl (C=O) groups excluding carboxylic acids is 5. The third-order valence-electron chi connectivity index (χ3n) is 20.4. The zero-order valence-corrected chi connectivity index (χ0v) is 67.3. The molecule has 0 N–H and O–H groups in total. The minimum absolute atomic E-state index is 0.0529. The number of ether oxygens (including phenoxy) is 26. The van der Waals surface area contributed by atoms with E-state index < -0.39 is 190 Å². The molecule has 5 heterocycles. The molecular weight excluding hydrogens is 1530 g/mol. The molecule has 0 amide bonds. The molecule has 636 valence electrons. The molecule has 0 saturated carbocycles. The Bertz CT molecular complexity index is 3940. The van der Waals surface area contributed by atoms with Gasteiger partial charge in [-0.2, -0.15) is 0 Å². The number of rotatable bonds is 40. The molecule has 0 aromatic heterocycles. The Labute approximate surface area is 680 Å². The lowest BCUT2D eigenvalue weighted by molar-refractivity contribution is -0.396. The van der Waals surface area contributed by atoms with Gasteiger partial charge in [-0.1, -0.05) is 182 Å². The normalized spacial score (nSPS) is 31.1. The van der Waals surface area contributed by atoms with E-state index in [0.717, 1.165) is 30.5 Å². The van der Waals surface area contributed by atoms with Gasteiger partial charge in [-0.15, -0.1) is 0 Å². The molecule has 0 spiro atoms. The fraction of sp³-hybridized carbons (Fsp3) is 0.523. The second-order valence-corrected chi connectivity index (χ2v) is 28.2. The van der Waals surface area contributed by atoms with Crippen molar-refractivity contribution in [1.82, 2.24) is 0 Å². The summed E-state index contributed by atoms with van der Waals surface area (Å²) in [4.78, 5) is 70.4. The third kappa shape index (κ3) is 23.9. The molecule has 11 rings (SSSR count). The van der Waals surface area contributed by atoms with Gasteiger partial charge in [0.2, 0.25) is 0 Å². The molecule has 5 saturated heterocycles. The topological polar surface area (TPSA) is 325 Å². The first-order chi connectivity index (χ1) is 57.0. The minimum atomic E-state index is -1.85. The molecule has 31 heteroatoms. The molecule has 0 aliphatic carbocycles. The standard InChI is InChI=1S/C86H106O31/c1-51(87)101-49-61-63(92-4)66(93-5)75(96-8)83(110-61)114-71-67(94-6)77(98-10)85(117-73(71)80(90)106-46-58-38-26-16-27-39-58)113-65-62(50-102-52(2)88)111-86(79(70(65)108-53(3)89)105-45-57-36-24-15-25-37-57)115-72-68(95-7)76(97-9)84(116-74(72)81(91)107-47-59-40-28-17-29-41-59)112-64-60(48-100-42-54-30-18-12-19-31-54)109-82(99-11)78(104-44-56-34-22-14-23-35-56)69(64)103-43-55-32-20-13-21-33-55/h12-41,60-79,82-86H,42-50H2,1-11H3. The lowest BCUT2D eigenvalue weighted by atomic mass is 9.94. The molecule has 0 radical (unpaired) electrons. The van der Waals surface area contributed by atoms with Gasteiger partial charge in [0, 0.05) is 77.6 Å². The monoisotopic (exact) mass is 1630 g/mol. The summed E-state index contributed by atoms with van der Waals surface area (Å²) in [5.74, 6) is -4.25. The summed E-state index contributed by atoms with van der Waals surface area (Å²) in [6.07, 6.45) is -35.0. The van der Waals surface area contributed by atoms with Crippen LogP contribution >= 0.6 is 0 Å². The second-order valence-electron chi connectivity index (χ2n) is 28.2. The quantitative estimate of drug-likeness (QED) is 0.0267. The number of benzene rings is 6. The summed E-state index contributed by atoms with van der Waals surface area (Å²) in [6.45, 7) is 2.06. The van der Waals surface area contributed by atoms with Crippen molar-refractivity contribution in [3.8, 4) is 0 Å². The Hall–Kier alpha value is -8.17. The molecule has 5 aliphatic heterocycles. The van der Waals surface area contributed by atoms with Crippen LogP contribution in [0.5, 0.6) is 0 Å². The highest BCUT2D eigenvalue weighted by molar-refractivity contribution is 5.76. The van der Waals surface area contributed by atoms with Crippen molar-refractivity contribution in [1.29, 1.82) is 0 Å². The first-order valence-electron chi connectivity index (χ1n) is 38.5. The van der Waals surface area contributed by atoms with Crippen LogP contribution in [0, 0.1) is 0 Å². The summed E-state index contributed by atoms with van der Waals surface area (Å²) in [5.41, 5.74) is 4.37. The van der Waals surface area contributed by atoms with Crippen LogP contribution in [0.1, 0.15) is 54.2 Å². The number of hydrogen-bond acceptors (Lipinski definition) is 31. The van der Waals surface area contributed by atoms with Crippen molar-refractivity contribution < 1.29 is 147 Å². The van der Waals surface area contributed by atoms with E-state index in [2.05, 4.69) is 0 Å². The van der Waals surface area contributed by atoms with E-state index in [0.29, 0.717) is 16.7 Å². The van der Waals surface area contributed by atoms with Crippen LogP contribution in [-0.4, -0.2) is 260 Å². The highest BCUT2D eigenvalue weighted by Gasteiger charge is 2.62. The van der Waals surface area contributed by atoms with Crippen LogP contribution in [0.25, 0.3) is 0 Å². The summed E-state index contributed by atoms with van der Waals surface area (Å²) in [6, 6.07) is 55.3. The Balaban J connectivity index is 0.976. The van der Waals surface area contributed by atoms with Crippen LogP contribution in [0.4, 0.5) is 0 Å². The molecule has 5 aliphatic rings. The molecular formula is C86H106O31. The van der Waals surface area contributed by atoms with Gasteiger partial charge in [-0.05, 0) is 33.4 Å². The molecule has 25 unspecified atom stereocenters. The van der Waals surface area contributed by atoms with Crippen LogP contribution in [0.15, 0.2) is 182 Å². The summed E-state index contributed by atoms with van der Waals surface area (Å²) in [5, 5.41) is 0. The highest BCUT2D eigenvalue weighted by Crippen LogP contribution is 2.42. The van der Waals surface area contributed by atoms with Gasteiger partial charge in [0.25, 0.3) is 0 Å². The maximum atomic E-state index is 15.6. The van der Waals surface area contributed by atoms with Gasteiger partial charge in [0.15, 0.2) is 49.8 Å². The third-order valence-corrected chi connectivity index (χ3v) is 20.4. The van der Waals surface area contributed by atoms with E-state index in [1.165, 1.54) is 63.8 Å². The number of esters is 5. The van der Waals surface area contributed by atoms with Crippen molar-refractivity contribution in [3.63, 3.8) is 0 Å². The maximum Gasteiger partial charge on any atom is 0.338 e. The first-order valence-corrected chi connectivity index (χ1v) is 38.5. The van der Waals surface area contributed by atoms with Crippen molar-refractivity contribution in [2.75, 3.05) is 76.7 Å². The predicted octanol–water partition coefficient (Wildman–Crippen LogP) is 7.42. The van der Waals surface area contributed by atoms with Gasteiger partial charge in [-0.3, -0.25) is 14.4 Å². The van der Waals surface area contributed by atoms with Gasteiger partial charge >= 0.3 is 29.8 Å². The molecule has 25 atom stereocenters. The van der Waals surface area contributed by atoms with Gasteiger partial charge < -0.3 is 123 Å². The van der Waals surface area contributed by atoms with Crippen LogP contribution in [0.3, 0.4) is 0 Å². The fourth-order valence-corrected chi connectivity index (χ4v) is 14.8. The lowest BCUT2D eigenvalue weighted by Crippen LogP contribution is -2.70. The summed E-state index contributed by atoms with van der Waals surface area (Å²) >= 11 is 0. The van der Waals surface area contributed by atoms with Crippen molar-refractivity contribution in [2.45, 2.75) is 214 Å². The number of methoxy groups -OCH3 is 8. The summed E-state index contributed by atoms with van der Waals surface area (Å²) < 4.78 is 169. The van der Waals surface area contributed by atoms with Gasteiger partial charge in [0.1, 0.15) is 130 Å². The average molecular weight is 1640 g/mol. The van der Waals surface area contributed by atoms with Gasteiger partial charge in [-0.25, -0.2) is 9.59 Å². The fourth-order valence-electron chi connectivity index (χ4n) is 14.8. The van der Waals surface area contributed by atoms with E-state index in [4.69, 9.17) is 123 Å². The zero-order valence-electron chi connectivity index (χ0n) is 67.3. The predicted molar refractivity (Wildman–Crippen MR) is 408 cm³/mol. The Morgan fingerprint density at radius 1 is 0.256 bits per heavy atom. The minimum Gasteiger partial charge on any atom is -0.463 e. The van der Waals surface area contributed by atoms with E-state index >= 15 is 9.59 Å². The SMILES string of the molecule is COC1OC(COCc2ccccc2)C(OC2OC(C(=O)OCc3ccccc3)C(OC3OC(COC(C)=O)C(OC4OC(C(=O)OCc5ccccc5)C(OC5OC(COC(C)=O)C(OC)C(OC)C5OC)C(OC)C4OC)C(OC(C)=O)C3OCc3ccccc3)C(OC)C2OC)C(OCc2ccccc2)C1OCc1ccccc1. The van der Waals surface area contributed by atoms with E-state index in [1.807, 2.05) is 103 Å². The first kappa shape index (κ1) is 89.6. The second kappa shape index (κ2) is 45.3. The maximum absolute atomic E-state index is 15.6. The largest absolute Gasteiger partial charge is 0.463 e. The molecule has 6 aromatic carbocycles. The molecule has 31 nitrogen and oxygen atoms in total. The molecule has 117 heavy (non-hydrogen) atoms. The lowest BCUT2D eigenvalue weighted by Gasteiger charge is -2.51. The summed E-state index contributed by atoms with van der Waals surface area (Å²) in [7, 11) is 11.1. The Morgan fingerprint density at radius 3 is 0.906 bits per heavy atom. The molecule has 6 aromatic rings. The Morgan fingerprint density at radius 2 is 0.547 bits per heavy atom. The number of carbonyl (C=O) groups is 5. The molecule has 5 fully saturated rings. The van der Waals surface area contributed by atoms with Crippen molar-refractivity contribution in [2.24, 2.45) is 0 Å². The number of hydrogen-bond donors (Lipinski definition) is 0. The van der Waals surface area contributed by atoms with Crippen LogP contribution in [0.2, 0.25) is 0 Å². The van der Waals surface area contributed by atoms with Crippen molar-refractivity contribution in [3.05, 3.63) is 215 Å². The van der Waals surface area contributed by atoms with Crippen LogP contribution < -0.4 is 0 Å². The molecule has 0 bridgehead atoms. The highest BCUT2D eigenvalue weighted by atomic mass is 16.8. The zero-order chi connectivity index (χ0) is 82.7. The van der Waals surface area contributed by atoms with Crippen LogP contribution in [-0.2, 0) is 187 Å². The average Bonchev–Trinajstić information content (AvgIpc) is 0.758. The Kier molecular flexibility index (Phi) is 34.7.